The van der Waals surface area contributed by atoms with Gasteiger partial charge in [-0.1, -0.05) is 23.8 Å². The highest BCUT2D eigenvalue weighted by Gasteiger charge is 1.96. The topological polar surface area (TPSA) is 0 Å². The summed E-state index contributed by atoms with van der Waals surface area (Å²) in [6.07, 6.45) is 5.38. The molecule has 19 heavy (non-hydrogen) atoms. The standard InChI is InChI=1S/C19H16/c1-5-17-8-10-19(16(4)13-17)11-9-18-7-6-14(2)15(3)12-18/h1,6-8,10,12-13H,2-4H3. The van der Waals surface area contributed by atoms with E-state index in [9.17, 15) is 0 Å². The van der Waals surface area contributed by atoms with Crippen LogP contribution < -0.4 is 0 Å². The molecule has 0 spiro atoms. The molecule has 0 aromatic heterocycles. The van der Waals surface area contributed by atoms with Crippen LogP contribution in [0.1, 0.15) is 33.4 Å². The lowest BCUT2D eigenvalue weighted by Crippen LogP contribution is -1.85. The second kappa shape index (κ2) is 5.47. The lowest BCUT2D eigenvalue weighted by molar-refractivity contribution is 1.33. The van der Waals surface area contributed by atoms with Gasteiger partial charge in [0, 0.05) is 16.7 Å². The Bertz CT molecular complexity index is 716. The van der Waals surface area contributed by atoms with Crippen molar-refractivity contribution in [1.82, 2.24) is 0 Å². The van der Waals surface area contributed by atoms with Gasteiger partial charge in [0.05, 0.1) is 0 Å². The molecule has 0 saturated carbocycles. The summed E-state index contributed by atoms with van der Waals surface area (Å²) in [6, 6.07) is 12.2. The molecule has 92 valence electrons. The molecular formula is C19H16. The van der Waals surface area contributed by atoms with Gasteiger partial charge in [0.2, 0.25) is 0 Å². The molecule has 0 atom stereocenters. The van der Waals surface area contributed by atoms with Crippen molar-refractivity contribution in [3.05, 3.63) is 69.8 Å². The maximum absolute atomic E-state index is 5.38. The maximum Gasteiger partial charge on any atom is 0.0279 e. The van der Waals surface area contributed by atoms with Crippen LogP contribution in [0.3, 0.4) is 0 Å². The summed E-state index contributed by atoms with van der Waals surface area (Å²) in [5, 5.41) is 0. The molecule has 0 saturated heterocycles. The second-order valence-corrected chi connectivity index (χ2v) is 4.72. The molecule has 2 aromatic carbocycles. The number of terminal acetylenes is 1. The van der Waals surface area contributed by atoms with E-state index in [2.05, 4.69) is 49.8 Å². The Hall–Kier alpha value is -2.44. The third-order valence-corrected chi connectivity index (χ3v) is 3.24. The zero-order valence-electron chi connectivity index (χ0n) is 11.5. The number of benzene rings is 2. The summed E-state index contributed by atoms with van der Waals surface area (Å²) in [5.74, 6) is 9.05. The third kappa shape index (κ3) is 3.06. The molecule has 0 aliphatic rings. The summed E-state index contributed by atoms with van der Waals surface area (Å²) in [6.45, 7) is 6.24. The quantitative estimate of drug-likeness (QED) is 0.615. The first-order chi connectivity index (χ1) is 9.10. The zero-order valence-corrected chi connectivity index (χ0v) is 11.5. The summed E-state index contributed by atoms with van der Waals surface area (Å²) in [4.78, 5) is 0. The molecule has 0 fully saturated rings. The van der Waals surface area contributed by atoms with Gasteiger partial charge < -0.3 is 0 Å². The molecule has 0 aliphatic heterocycles. The van der Waals surface area contributed by atoms with E-state index in [1.54, 1.807) is 0 Å². The minimum atomic E-state index is 0.897. The first-order valence-corrected chi connectivity index (χ1v) is 6.26. The molecule has 0 N–H and O–H groups in total. The van der Waals surface area contributed by atoms with E-state index >= 15 is 0 Å². The maximum atomic E-state index is 5.38. The van der Waals surface area contributed by atoms with Gasteiger partial charge >= 0.3 is 0 Å². The van der Waals surface area contributed by atoms with Gasteiger partial charge in [-0.3, -0.25) is 0 Å². The Morgan fingerprint density at radius 2 is 1.42 bits per heavy atom. The summed E-state index contributed by atoms with van der Waals surface area (Å²) < 4.78 is 0. The number of aryl methyl sites for hydroxylation is 3. The predicted octanol–water partition coefficient (Wildman–Crippen LogP) is 3.99. The van der Waals surface area contributed by atoms with E-state index in [1.165, 1.54) is 11.1 Å². The van der Waals surface area contributed by atoms with Gasteiger partial charge in [0.25, 0.3) is 0 Å². The van der Waals surface area contributed by atoms with E-state index in [0.29, 0.717) is 0 Å². The minimum Gasteiger partial charge on any atom is -0.115 e. The zero-order chi connectivity index (χ0) is 13.8. The number of hydrogen-bond donors (Lipinski definition) is 0. The van der Waals surface area contributed by atoms with E-state index in [1.807, 2.05) is 25.1 Å². The molecule has 0 aliphatic carbocycles. The van der Waals surface area contributed by atoms with E-state index < -0.39 is 0 Å². The van der Waals surface area contributed by atoms with Crippen molar-refractivity contribution in [3.63, 3.8) is 0 Å². The van der Waals surface area contributed by atoms with Crippen LogP contribution in [-0.4, -0.2) is 0 Å². The Morgan fingerprint density at radius 1 is 0.737 bits per heavy atom. The largest absolute Gasteiger partial charge is 0.115 e. The van der Waals surface area contributed by atoms with Crippen molar-refractivity contribution in [2.45, 2.75) is 20.8 Å². The molecular weight excluding hydrogens is 228 g/mol. The fraction of sp³-hybridized carbons (Fsp3) is 0.158. The smallest absolute Gasteiger partial charge is 0.0279 e. The molecule has 2 rings (SSSR count). The highest BCUT2D eigenvalue weighted by atomic mass is 14.0. The SMILES string of the molecule is C#Cc1ccc(C#Cc2ccc(C)c(C)c2)c(C)c1. The number of rotatable bonds is 0. The fourth-order valence-corrected chi connectivity index (χ4v) is 1.85. The Morgan fingerprint density at radius 3 is 2.05 bits per heavy atom. The highest BCUT2D eigenvalue weighted by molar-refractivity contribution is 5.50. The molecule has 0 nitrogen and oxygen atoms in total. The van der Waals surface area contributed by atoms with Crippen molar-refractivity contribution in [2.24, 2.45) is 0 Å². The van der Waals surface area contributed by atoms with Crippen molar-refractivity contribution < 1.29 is 0 Å². The van der Waals surface area contributed by atoms with Crippen molar-refractivity contribution in [3.8, 4) is 24.2 Å². The van der Waals surface area contributed by atoms with Crippen LogP contribution in [0.5, 0.6) is 0 Å². The van der Waals surface area contributed by atoms with Crippen LogP contribution >= 0.6 is 0 Å². The van der Waals surface area contributed by atoms with Crippen molar-refractivity contribution >= 4 is 0 Å². The predicted molar refractivity (Wildman–Crippen MR) is 81.0 cm³/mol. The number of hydrogen-bond acceptors (Lipinski definition) is 0. The lowest BCUT2D eigenvalue weighted by atomic mass is 10.0. The van der Waals surface area contributed by atoms with Gasteiger partial charge in [-0.15, -0.1) is 6.42 Å². The average molecular weight is 244 g/mol. The molecule has 0 bridgehead atoms. The van der Waals surface area contributed by atoms with Crippen LogP contribution in [0.4, 0.5) is 0 Å². The van der Waals surface area contributed by atoms with Crippen LogP contribution in [0.2, 0.25) is 0 Å². The third-order valence-electron chi connectivity index (χ3n) is 3.24. The van der Waals surface area contributed by atoms with Gasteiger partial charge in [-0.2, -0.15) is 0 Å². The Balaban J connectivity index is 2.34. The van der Waals surface area contributed by atoms with E-state index in [-0.39, 0.29) is 0 Å². The Labute approximate surface area is 115 Å². The van der Waals surface area contributed by atoms with Gasteiger partial charge in [-0.05, 0) is 67.8 Å². The fourth-order valence-electron chi connectivity index (χ4n) is 1.85. The monoisotopic (exact) mass is 244 g/mol. The summed E-state index contributed by atoms with van der Waals surface area (Å²) in [7, 11) is 0. The van der Waals surface area contributed by atoms with E-state index in [0.717, 1.165) is 22.3 Å². The lowest BCUT2D eigenvalue weighted by Gasteiger charge is -2.00. The first-order valence-electron chi connectivity index (χ1n) is 6.26. The van der Waals surface area contributed by atoms with Gasteiger partial charge in [-0.25, -0.2) is 0 Å². The molecule has 0 unspecified atom stereocenters. The van der Waals surface area contributed by atoms with Gasteiger partial charge in [0.15, 0.2) is 0 Å². The van der Waals surface area contributed by atoms with Crippen LogP contribution in [0.15, 0.2) is 36.4 Å². The van der Waals surface area contributed by atoms with Gasteiger partial charge in [0.1, 0.15) is 0 Å². The van der Waals surface area contributed by atoms with Crippen molar-refractivity contribution in [1.29, 1.82) is 0 Å². The minimum absolute atomic E-state index is 0.897. The molecule has 0 amide bonds. The van der Waals surface area contributed by atoms with Crippen LogP contribution in [0.25, 0.3) is 0 Å². The Kier molecular flexibility index (Phi) is 3.74. The molecule has 0 heteroatoms. The first kappa shape index (κ1) is 13.0. The normalized spacial score (nSPS) is 9.37. The molecule has 0 radical (unpaired) electrons. The molecule has 2 aromatic rings. The summed E-state index contributed by atoms with van der Waals surface area (Å²) >= 11 is 0. The van der Waals surface area contributed by atoms with E-state index in [4.69, 9.17) is 6.42 Å². The van der Waals surface area contributed by atoms with Crippen LogP contribution in [0, 0.1) is 45.0 Å². The highest BCUT2D eigenvalue weighted by Crippen LogP contribution is 2.11. The average Bonchev–Trinajstić information content (AvgIpc) is 2.41. The second-order valence-electron chi connectivity index (χ2n) is 4.72. The molecule has 0 heterocycles. The van der Waals surface area contributed by atoms with Crippen molar-refractivity contribution in [2.75, 3.05) is 0 Å². The van der Waals surface area contributed by atoms with Crippen LogP contribution in [-0.2, 0) is 0 Å². The summed E-state index contributed by atoms with van der Waals surface area (Å²) in [5.41, 5.74) is 6.65.